The average molecular weight is 397 g/mol. The first-order valence-electron chi connectivity index (χ1n) is 9.78. The number of carbonyl (C=O) groups is 2. The van der Waals surface area contributed by atoms with Crippen molar-refractivity contribution in [2.45, 2.75) is 12.8 Å². The zero-order valence-corrected chi connectivity index (χ0v) is 16.6. The van der Waals surface area contributed by atoms with Crippen molar-refractivity contribution >= 4 is 17.6 Å². The number of ether oxygens (including phenoxy) is 2. The Balaban J connectivity index is 1.35. The number of rotatable bonds is 7. The molecule has 0 radical (unpaired) electrons. The van der Waals surface area contributed by atoms with Crippen LogP contribution in [0.15, 0.2) is 54.6 Å². The number of hydrogen-bond acceptors (Lipinski definition) is 4. The first kappa shape index (κ1) is 20.5. The van der Waals surface area contributed by atoms with Crippen LogP contribution in [0.5, 0.6) is 11.5 Å². The van der Waals surface area contributed by atoms with Gasteiger partial charge in [-0.1, -0.05) is 24.3 Å². The molecule has 3 rings (SSSR count). The van der Waals surface area contributed by atoms with Crippen molar-refractivity contribution in [3.05, 3.63) is 54.6 Å². The maximum absolute atomic E-state index is 12.3. The second-order valence-corrected chi connectivity index (χ2v) is 6.99. The number of nitrogens with zero attached hydrogens (tertiary/aromatic N) is 1. The molecule has 1 fully saturated rings. The fraction of sp³-hybridized carbons (Fsp3) is 0.364. The van der Waals surface area contributed by atoms with Gasteiger partial charge in [0.1, 0.15) is 11.5 Å². The second kappa shape index (κ2) is 10.4. The van der Waals surface area contributed by atoms with Gasteiger partial charge in [0, 0.05) is 31.4 Å². The number of amides is 3. The lowest BCUT2D eigenvalue weighted by molar-refractivity contribution is -0.134. The third-order valence-electron chi connectivity index (χ3n) is 4.95. The van der Waals surface area contributed by atoms with Crippen molar-refractivity contribution in [1.82, 2.24) is 10.2 Å². The molecule has 0 bridgehead atoms. The van der Waals surface area contributed by atoms with Crippen LogP contribution in [-0.2, 0) is 4.79 Å². The highest BCUT2D eigenvalue weighted by Crippen LogP contribution is 2.18. The van der Waals surface area contributed by atoms with Crippen molar-refractivity contribution in [3.8, 4) is 11.5 Å². The summed E-state index contributed by atoms with van der Waals surface area (Å²) >= 11 is 0. The van der Waals surface area contributed by atoms with Crippen molar-refractivity contribution in [3.63, 3.8) is 0 Å². The van der Waals surface area contributed by atoms with Gasteiger partial charge in [0.2, 0.25) is 0 Å². The SMILES string of the molecule is COc1cccc(NC(=O)NCC2CCN(C(=O)COc3ccccc3)CC2)c1. The van der Waals surface area contributed by atoms with E-state index < -0.39 is 0 Å². The van der Waals surface area contributed by atoms with Gasteiger partial charge in [-0.15, -0.1) is 0 Å². The maximum atomic E-state index is 12.3. The lowest BCUT2D eigenvalue weighted by Gasteiger charge is -2.32. The number of piperidine rings is 1. The van der Waals surface area contributed by atoms with Crippen LogP contribution in [-0.4, -0.2) is 50.2 Å². The summed E-state index contributed by atoms with van der Waals surface area (Å²) in [5, 5.41) is 5.71. The van der Waals surface area contributed by atoms with Crippen LogP contribution in [0.2, 0.25) is 0 Å². The van der Waals surface area contributed by atoms with Crippen LogP contribution in [0.4, 0.5) is 10.5 Å². The Hall–Kier alpha value is -3.22. The lowest BCUT2D eigenvalue weighted by atomic mass is 9.97. The number of urea groups is 1. The van der Waals surface area contributed by atoms with E-state index in [9.17, 15) is 9.59 Å². The van der Waals surface area contributed by atoms with Crippen LogP contribution in [0.25, 0.3) is 0 Å². The minimum absolute atomic E-state index is 0.00368. The standard InChI is InChI=1S/C22H27N3O4/c1-28-20-9-5-6-18(14-20)24-22(27)23-15-17-10-12-25(13-11-17)21(26)16-29-19-7-3-2-4-8-19/h2-9,14,17H,10-13,15-16H2,1H3,(H2,23,24,27). The molecule has 7 nitrogen and oxygen atoms in total. The van der Waals surface area contributed by atoms with Crippen molar-refractivity contribution in [2.75, 3.05) is 38.7 Å². The summed E-state index contributed by atoms with van der Waals surface area (Å²) < 4.78 is 10.7. The van der Waals surface area contributed by atoms with E-state index in [0.717, 1.165) is 12.8 Å². The highest BCUT2D eigenvalue weighted by molar-refractivity contribution is 5.89. The molecule has 0 aromatic heterocycles. The third kappa shape index (κ3) is 6.41. The summed E-state index contributed by atoms with van der Waals surface area (Å²) in [6, 6.07) is 16.3. The van der Waals surface area contributed by atoms with Crippen LogP contribution >= 0.6 is 0 Å². The molecule has 7 heteroatoms. The highest BCUT2D eigenvalue weighted by atomic mass is 16.5. The molecule has 2 N–H and O–H groups in total. The van der Waals surface area contributed by atoms with Crippen LogP contribution in [0, 0.1) is 5.92 Å². The number of benzene rings is 2. The van der Waals surface area contributed by atoms with Gasteiger partial charge in [-0.25, -0.2) is 4.79 Å². The summed E-state index contributed by atoms with van der Waals surface area (Å²) in [4.78, 5) is 26.2. The molecule has 0 unspecified atom stereocenters. The molecule has 2 aromatic carbocycles. The smallest absolute Gasteiger partial charge is 0.319 e. The number of carbonyl (C=O) groups excluding carboxylic acids is 2. The van der Waals surface area contributed by atoms with E-state index in [1.807, 2.05) is 53.4 Å². The number of methoxy groups -OCH3 is 1. The largest absolute Gasteiger partial charge is 0.497 e. The highest BCUT2D eigenvalue weighted by Gasteiger charge is 2.23. The minimum atomic E-state index is -0.243. The first-order chi connectivity index (χ1) is 14.1. The van der Waals surface area contributed by atoms with E-state index in [0.29, 0.717) is 42.7 Å². The van der Waals surface area contributed by atoms with Gasteiger partial charge in [-0.3, -0.25) is 4.79 Å². The van der Waals surface area contributed by atoms with Crippen LogP contribution in [0.1, 0.15) is 12.8 Å². The summed E-state index contributed by atoms with van der Waals surface area (Å²) in [5.41, 5.74) is 0.681. The molecule has 1 aliphatic heterocycles. The Labute approximate surface area is 171 Å². The molecule has 154 valence electrons. The number of para-hydroxylation sites is 1. The number of nitrogens with one attached hydrogen (secondary N) is 2. The summed E-state index contributed by atoms with van der Waals surface area (Å²) in [5.74, 6) is 1.74. The van der Waals surface area contributed by atoms with Gasteiger partial charge in [0.25, 0.3) is 5.91 Å². The van der Waals surface area contributed by atoms with Gasteiger partial charge < -0.3 is 25.0 Å². The fourth-order valence-corrected chi connectivity index (χ4v) is 3.25. The summed E-state index contributed by atoms with van der Waals surface area (Å²) in [6.45, 7) is 2.00. The molecule has 29 heavy (non-hydrogen) atoms. The molecule has 2 aromatic rings. The average Bonchev–Trinajstić information content (AvgIpc) is 2.77. The molecular weight excluding hydrogens is 370 g/mol. The Morgan fingerprint density at radius 3 is 2.48 bits per heavy atom. The quantitative estimate of drug-likeness (QED) is 0.752. The van der Waals surface area contributed by atoms with Gasteiger partial charge >= 0.3 is 6.03 Å². The van der Waals surface area contributed by atoms with Crippen LogP contribution < -0.4 is 20.1 Å². The van der Waals surface area contributed by atoms with Crippen molar-refractivity contribution < 1.29 is 19.1 Å². The third-order valence-corrected chi connectivity index (χ3v) is 4.95. The van der Waals surface area contributed by atoms with Gasteiger partial charge in [0.05, 0.1) is 7.11 Å². The van der Waals surface area contributed by atoms with E-state index in [1.54, 1.807) is 13.2 Å². The molecule has 0 spiro atoms. The van der Waals surface area contributed by atoms with Gasteiger partial charge in [0.15, 0.2) is 6.61 Å². The molecule has 1 heterocycles. The Kier molecular flexibility index (Phi) is 7.33. The monoisotopic (exact) mass is 397 g/mol. The molecular formula is C22H27N3O4. The lowest BCUT2D eigenvalue weighted by Crippen LogP contribution is -2.43. The van der Waals surface area contributed by atoms with E-state index in [2.05, 4.69) is 10.6 Å². The number of anilines is 1. The van der Waals surface area contributed by atoms with Crippen molar-refractivity contribution in [1.29, 1.82) is 0 Å². The zero-order valence-electron chi connectivity index (χ0n) is 16.6. The molecule has 0 aliphatic carbocycles. The van der Waals surface area contributed by atoms with Crippen LogP contribution in [0.3, 0.4) is 0 Å². The number of likely N-dealkylation sites (tertiary alicyclic amines) is 1. The van der Waals surface area contributed by atoms with E-state index in [1.165, 1.54) is 0 Å². The summed E-state index contributed by atoms with van der Waals surface area (Å²) in [7, 11) is 1.59. The van der Waals surface area contributed by atoms with Crippen molar-refractivity contribution in [2.24, 2.45) is 5.92 Å². The molecule has 0 atom stereocenters. The van der Waals surface area contributed by atoms with Gasteiger partial charge in [-0.2, -0.15) is 0 Å². The second-order valence-electron chi connectivity index (χ2n) is 6.99. The Morgan fingerprint density at radius 2 is 1.76 bits per heavy atom. The van der Waals surface area contributed by atoms with E-state index in [4.69, 9.17) is 9.47 Å². The predicted octanol–water partition coefficient (Wildman–Crippen LogP) is 3.13. The topological polar surface area (TPSA) is 79.9 Å². The number of hydrogen-bond donors (Lipinski definition) is 2. The predicted molar refractivity (Wildman–Crippen MR) is 111 cm³/mol. The minimum Gasteiger partial charge on any atom is -0.497 e. The molecule has 0 saturated carbocycles. The fourth-order valence-electron chi connectivity index (χ4n) is 3.25. The molecule has 3 amide bonds. The Bertz CT molecular complexity index is 805. The Morgan fingerprint density at radius 1 is 1.03 bits per heavy atom. The van der Waals surface area contributed by atoms with E-state index in [-0.39, 0.29) is 18.5 Å². The first-order valence-corrected chi connectivity index (χ1v) is 9.78. The zero-order chi connectivity index (χ0) is 20.5. The normalized spacial score (nSPS) is 14.2. The van der Waals surface area contributed by atoms with Gasteiger partial charge in [-0.05, 0) is 43.0 Å². The molecule has 1 saturated heterocycles. The summed E-state index contributed by atoms with van der Waals surface area (Å²) in [6.07, 6.45) is 1.72. The maximum Gasteiger partial charge on any atom is 0.319 e. The molecule has 1 aliphatic rings. The van der Waals surface area contributed by atoms with E-state index >= 15 is 0 Å².